The molecule has 2 aliphatic heterocycles. The van der Waals surface area contributed by atoms with Crippen LogP contribution in [0.3, 0.4) is 0 Å². The Morgan fingerprint density at radius 1 is 1.38 bits per heavy atom. The maximum atomic E-state index is 12.6. The molecule has 2 aliphatic rings. The molecule has 3 rings (SSSR count). The van der Waals surface area contributed by atoms with Crippen molar-refractivity contribution < 1.29 is 29.0 Å². The van der Waals surface area contributed by atoms with Gasteiger partial charge in [0.15, 0.2) is 6.61 Å². The molecule has 0 radical (unpaired) electrons. The number of ether oxygens (including phenoxy) is 1. The number of hydrogen-bond donors (Lipinski definition) is 2. The van der Waals surface area contributed by atoms with Crippen molar-refractivity contribution in [1.82, 2.24) is 10.2 Å². The first-order chi connectivity index (χ1) is 11.4. The second-order valence-electron chi connectivity index (χ2n) is 5.51. The highest BCUT2D eigenvalue weighted by Crippen LogP contribution is 2.36. The molecule has 9 heteroatoms. The van der Waals surface area contributed by atoms with Crippen molar-refractivity contribution in [2.24, 2.45) is 0 Å². The van der Waals surface area contributed by atoms with E-state index in [1.165, 1.54) is 4.90 Å². The van der Waals surface area contributed by atoms with Gasteiger partial charge in [-0.25, -0.2) is 4.79 Å². The van der Waals surface area contributed by atoms with E-state index in [1.54, 1.807) is 12.1 Å². The highest BCUT2D eigenvalue weighted by atomic mass is 79.9. The summed E-state index contributed by atoms with van der Waals surface area (Å²) in [5.41, 5.74) is 0.892. The highest BCUT2D eigenvalue weighted by molar-refractivity contribution is 9.10. The Bertz CT molecular complexity index is 763. The van der Waals surface area contributed by atoms with Crippen LogP contribution in [0.5, 0.6) is 5.75 Å². The molecule has 2 heterocycles. The zero-order valence-electron chi connectivity index (χ0n) is 12.4. The Kier molecular flexibility index (Phi) is 4.27. The summed E-state index contributed by atoms with van der Waals surface area (Å²) in [7, 11) is 0. The number of nitrogens with one attached hydrogen (secondary N) is 1. The molecular weight excluding hydrogens is 384 g/mol. The quantitative estimate of drug-likeness (QED) is 0.723. The van der Waals surface area contributed by atoms with E-state index in [4.69, 9.17) is 9.84 Å². The van der Waals surface area contributed by atoms with Gasteiger partial charge in [0.05, 0.1) is 6.54 Å². The van der Waals surface area contributed by atoms with Crippen molar-refractivity contribution in [3.8, 4) is 5.75 Å². The largest absolute Gasteiger partial charge is 0.481 e. The fourth-order valence-electron chi connectivity index (χ4n) is 2.86. The summed E-state index contributed by atoms with van der Waals surface area (Å²) >= 11 is 3.26. The molecule has 1 aromatic rings. The normalized spacial score (nSPS) is 20.0. The van der Waals surface area contributed by atoms with Crippen LogP contribution in [-0.4, -0.2) is 46.3 Å². The van der Waals surface area contributed by atoms with Gasteiger partial charge in [0.25, 0.3) is 5.91 Å². The predicted molar refractivity (Wildman–Crippen MR) is 83.3 cm³/mol. The number of imide groups is 1. The summed E-state index contributed by atoms with van der Waals surface area (Å²) in [5.74, 6) is -2.05. The molecule has 1 saturated heterocycles. The molecule has 1 atom stereocenters. The number of aliphatic carboxylic acids is 1. The van der Waals surface area contributed by atoms with Crippen molar-refractivity contribution in [3.05, 3.63) is 27.7 Å². The number of hydrogen-bond acceptors (Lipinski definition) is 5. The Labute approximate surface area is 144 Å². The third kappa shape index (κ3) is 2.99. The van der Waals surface area contributed by atoms with Gasteiger partial charge in [0, 0.05) is 22.0 Å². The van der Waals surface area contributed by atoms with Gasteiger partial charge in [-0.3, -0.25) is 19.7 Å². The van der Waals surface area contributed by atoms with Crippen LogP contribution in [0.2, 0.25) is 0 Å². The second kappa shape index (κ2) is 6.23. The lowest BCUT2D eigenvalue weighted by atomic mass is 10.0. The molecular formula is C15H13BrN2O6. The number of carbonyl (C=O) groups is 4. The van der Waals surface area contributed by atoms with E-state index in [0.29, 0.717) is 15.6 Å². The van der Waals surface area contributed by atoms with Gasteiger partial charge in [0.1, 0.15) is 11.8 Å². The summed E-state index contributed by atoms with van der Waals surface area (Å²) in [4.78, 5) is 48.0. The van der Waals surface area contributed by atoms with E-state index in [0.717, 1.165) is 0 Å². The number of benzene rings is 1. The lowest BCUT2D eigenvalue weighted by molar-refractivity contribution is -0.139. The molecule has 126 valence electrons. The number of nitrogens with zero attached hydrogens (tertiary/aromatic N) is 1. The molecule has 0 spiro atoms. The summed E-state index contributed by atoms with van der Waals surface area (Å²) in [6.07, 6.45) is 0.430. The third-order valence-electron chi connectivity index (χ3n) is 3.93. The Hall–Kier alpha value is -2.42. The number of rotatable bonds is 4. The maximum Gasteiger partial charge on any atom is 0.341 e. The van der Waals surface area contributed by atoms with Crippen LogP contribution in [0, 0.1) is 0 Å². The Morgan fingerprint density at radius 3 is 2.79 bits per heavy atom. The van der Waals surface area contributed by atoms with Crippen LogP contribution in [0.15, 0.2) is 16.6 Å². The summed E-state index contributed by atoms with van der Waals surface area (Å²) in [6, 6.07) is 2.47. The molecule has 1 aromatic carbocycles. The minimum absolute atomic E-state index is 0.128. The smallest absolute Gasteiger partial charge is 0.341 e. The summed E-state index contributed by atoms with van der Waals surface area (Å²) in [5, 5.41) is 11.0. The fraction of sp³-hybridized carbons (Fsp3) is 0.333. The fourth-order valence-corrected chi connectivity index (χ4v) is 3.30. The third-order valence-corrected chi connectivity index (χ3v) is 4.39. The molecule has 0 aliphatic carbocycles. The van der Waals surface area contributed by atoms with Crippen molar-refractivity contribution in [1.29, 1.82) is 0 Å². The number of carbonyl (C=O) groups excluding carboxylic acids is 3. The average molecular weight is 397 g/mol. The Balaban J connectivity index is 1.89. The van der Waals surface area contributed by atoms with Crippen LogP contribution < -0.4 is 10.1 Å². The van der Waals surface area contributed by atoms with Gasteiger partial charge in [-0.2, -0.15) is 0 Å². The highest BCUT2D eigenvalue weighted by Gasteiger charge is 2.40. The van der Waals surface area contributed by atoms with Gasteiger partial charge >= 0.3 is 5.97 Å². The molecule has 3 amide bonds. The average Bonchev–Trinajstić information content (AvgIpc) is 2.82. The second-order valence-corrected chi connectivity index (χ2v) is 6.43. The lowest BCUT2D eigenvalue weighted by Crippen LogP contribution is -2.52. The maximum absolute atomic E-state index is 12.6. The van der Waals surface area contributed by atoms with Crippen molar-refractivity contribution in [2.75, 3.05) is 6.61 Å². The molecule has 0 saturated carbocycles. The first-order valence-corrected chi connectivity index (χ1v) is 7.98. The van der Waals surface area contributed by atoms with Crippen LogP contribution in [-0.2, 0) is 20.9 Å². The molecule has 0 aromatic heterocycles. The van der Waals surface area contributed by atoms with Crippen molar-refractivity contribution in [2.45, 2.75) is 25.4 Å². The summed E-state index contributed by atoms with van der Waals surface area (Å²) in [6.45, 7) is -0.405. The topological polar surface area (TPSA) is 113 Å². The first kappa shape index (κ1) is 16.4. The van der Waals surface area contributed by atoms with Crippen LogP contribution >= 0.6 is 15.9 Å². The van der Waals surface area contributed by atoms with E-state index in [2.05, 4.69) is 21.2 Å². The van der Waals surface area contributed by atoms with Crippen LogP contribution in [0.4, 0.5) is 0 Å². The zero-order valence-corrected chi connectivity index (χ0v) is 14.0. The molecule has 0 bridgehead atoms. The number of carboxylic acid groups (broad SMARTS) is 1. The number of halogens is 1. The van der Waals surface area contributed by atoms with Crippen molar-refractivity contribution in [3.63, 3.8) is 0 Å². The zero-order chi connectivity index (χ0) is 17.4. The van der Waals surface area contributed by atoms with Gasteiger partial charge in [-0.1, -0.05) is 15.9 Å². The van der Waals surface area contributed by atoms with E-state index in [-0.39, 0.29) is 37.0 Å². The SMILES string of the molecule is O=C(O)COc1cc(Br)cc2c1CN(C1CCC(=O)NC1=O)C2=O. The van der Waals surface area contributed by atoms with E-state index >= 15 is 0 Å². The predicted octanol–water partition coefficient (Wildman–Crippen LogP) is 0.673. The van der Waals surface area contributed by atoms with E-state index in [9.17, 15) is 19.2 Å². The minimum atomic E-state index is -1.13. The first-order valence-electron chi connectivity index (χ1n) is 7.18. The molecule has 2 N–H and O–H groups in total. The molecule has 1 unspecified atom stereocenters. The minimum Gasteiger partial charge on any atom is -0.481 e. The molecule has 1 fully saturated rings. The van der Waals surface area contributed by atoms with Crippen LogP contribution in [0.1, 0.15) is 28.8 Å². The van der Waals surface area contributed by atoms with E-state index in [1.807, 2.05) is 0 Å². The standard InChI is InChI=1S/C15H13BrN2O6/c16-7-3-8-9(11(4-7)24-6-13(20)21)5-18(15(8)23)10-1-2-12(19)17-14(10)22/h3-4,10H,1-2,5-6H2,(H,20,21)(H,17,19,22). The van der Waals surface area contributed by atoms with E-state index < -0.39 is 24.5 Å². The van der Waals surface area contributed by atoms with Gasteiger partial charge in [-0.05, 0) is 18.6 Å². The summed E-state index contributed by atoms with van der Waals surface area (Å²) < 4.78 is 5.83. The van der Waals surface area contributed by atoms with Gasteiger partial charge in [-0.15, -0.1) is 0 Å². The molecule has 8 nitrogen and oxygen atoms in total. The Morgan fingerprint density at radius 2 is 2.12 bits per heavy atom. The number of piperidine rings is 1. The van der Waals surface area contributed by atoms with Crippen molar-refractivity contribution >= 4 is 39.6 Å². The lowest BCUT2D eigenvalue weighted by Gasteiger charge is -2.29. The monoisotopic (exact) mass is 396 g/mol. The number of amides is 3. The molecule has 24 heavy (non-hydrogen) atoms. The van der Waals surface area contributed by atoms with Crippen LogP contribution in [0.25, 0.3) is 0 Å². The van der Waals surface area contributed by atoms with Gasteiger partial charge in [0.2, 0.25) is 11.8 Å². The number of fused-ring (bicyclic) bond motifs is 1. The van der Waals surface area contributed by atoms with Gasteiger partial charge < -0.3 is 14.7 Å². The number of carboxylic acids is 1.